The molecule has 6 nitrogen and oxygen atoms in total. The van der Waals surface area contributed by atoms with Gasteiger partial charge in [0, 0.05) is 24.8 Å². The van der Waals surface area contributed by atoms with Crippen molar-refractivity contribution in [1.29, 1.82) is 0 Å². The van der Waals surface area contributed by atoms with Crippen LogP contribution in [0.2, 0.25) is 0 Å². The number of benzene rings is 1. The van der Waals surface area contributed by atoms with E-state index in [1.807, 2.05) is 13.0 Å². The summed E-state index contributed by atoms with van der Waals surface area (Å²) in [5.41, 5.74) is 0.791. The second-order valence-corrected chi connectivity index (χ2v) is 10.2. The van der Waals surface area contributed by atoms with Crippen LogP contribution in [0.1, 0.15) is 58.4 Å². The zero-order chi connectivity index (χ0) is 21.5. The van der Waals surface area contributed by atoms with Gasteiger partial charge in [-0.05, 0) is 56.6 Å². The summed E-state index contributed by atoms with van der Waals surface area (Å²) >= 11 is 0. The monoisotopic (exact) mass is 431 g/mol. The van der Waals surface area contributed by atoms with Crippen molar-refractivity contribution in [1.82, 2.24) is 5.32 Å². The van der Waals surface area contributed by atoms with E-state index in [1.54, 1.807) is 0 Å². The topological polar surface area (TPSA) is 58.2 Å². The van der Waals surface area contributed by atoms with Crippen molar-refractivity contribution < 1.29 is 24.0 Å². The first-order valence-corrected chi connectivity index (χ1v) is 12.1. The van der Waals surface area contributed by atoms with Crippen LogP contribution in [-0.4, -0.2) is 37.1 Å². The van der Waals surface area contributed by atoms with E-state index in [-0.39, 0.29) is 12.2 Å². The molecule has 8 atom stereocenters. The van der Waals surface area contributed by atoms with Crippen LogP contribution < -0.4 is 5.32 Å². The molecular formula is C25H37NO5. The van der Waals surface area contributed by atoms with Crippen molar-refractivity contribution in [2.75, 3.05) is 13.2 Å². The van der Waals surface area contributed by atoms with Crippen molar-refractivity contribution in [3.05, 3.63) is 35.9 Å². The average molecular weight is 432 g/mol. The van der Waals surface area contributed by atoms with Gasteiger partial charge in [-0.25, -0.2) is 9.78 Å². The van der Waals surface area contributed by atoms with Crippen molar-refractivity contribution in [2.24, 2.45) is 23.7 Å². The van der Waals surface area contributed by atoms with Gasteiger partial charge in [0.2, 0.25) is 5.79 Å². The highest BCUT2D eigenvalue weighted by Crippen LogP contribution is 2.60. The molecule has 1 N–H and O–H groups in total. The van der Waals surface area contributed by atoms with Crippen molar-refractivity contribution >= 4 is 0 Å². The Morgan fingerprint density at radius 3 is 2.74 bits per heavy atom. The first-order valence-electron chi connectivity index (χ1n) is 12.1. The summed E-state index contributed by atoms with van der Waals surface area (Å²) < 4.78 is 19.1. The number of ether oxygens (including phenoxy) is 3. The van der Waals surface area contributed by atoms with Crippen LogP contribution in [0.4, 0.5) is 0 Å². The molecule has 0 aromatic heterocycles. The lowest BCUT2D eigenvalue weighted by molar-refractivity contribution is -0.577. The molecule has 0 amide bonds. The van der Waals surface area contributed by atoms with E-state index in [4.69, 9.17) is 24.0 Å². The maximum absolute atomic E-state index is 6.46. The molecular weight excluding hydrogens is 394 g/mol. The van der Waals surface area contributed by atoms with Crippen molar-refractivity contribution in [3.63, 3.8) is 0 Å². The molecule has 1 spiro atoms. The van der Waals surface area contributed by atoms with Gasteiger partial charge in [0.1, 0.15) is 0 Å². The summed E-state index contributed by atoms with van der Waals surface area (Å²) in [6.07, 6.45) is 4.45. The van der Waals surface area contributed by atoms with Gasteiger partial charge in [-0.15, -0.1) is 0 Å². The number of nitrogens with one attached hydrogen (secondary N) is 1. The molecule has 4 aliphatic heterocycles. The van der Waals surface area contributed by atoms with Crippen LogP contribution >= 0.6 is 0 Å². The van der Waals surface area contributed by atoms with Gasteiger partial charge in [-0.2, -0.15) is 0 Å². The molecule has 3 unspecified atom stereocenters. The van der Waals surface area contributed by atoms with Gasteiger partial charge in [0.05, 0.1) is 6.61 Å². The van der Waals surface area contributed by atoms with Crippen LogP contribution in [-0.2, 0) is 30.5 Å². The minimum Gasteiger partial charge on any atom is -0.352 e. The van der Waals surface area contributed by atoms with Gasteiger partial charge < -0.3 is 19.5 Å². The summed E-state index contributed by atoms with van der Waals surface area (Å²) in [5.74, 6) is 0.792. The summed E-state index contributed by atoms with van der Waals surface area (Å²) in [7, 11) is 0. The van der Waals surface area contributed by atoms with Gasteiger partial charge in [0.25, 0.3) is 0 Å². The fourth-order valence-electron chi connectivity index (χ4n) is 6.29. The zero-order valence-electron chi connectivity index (χ0n) is 19.0. The third-order valence-electron chi connectivity index (χ3n) is 8.05. The Labute approximate surface area is 185 Å². The summed E-state index contributed by atoms with van der Waals surface area (Å²) in [4.78, 5) is 12.1. The molecule has 6 heteroatoms. The van der Waals surface area contributed by atoms with E-state index in [9.17, 15) is 0 Å². The first kappa shape index (κ1) is 21.8. The third-order valence-corrected chi connectivity index (χ3v) is 8.05. The second-order valence-electron chi connectivity index (χ2n) is 10.2. The molecule has 4 saturated heterocycles. The predicted octanol–water partition coefficient (Wildman–Crippen LogP) is 4.39. The van der Waals surface area contributed by atoms with Gasteiger partial charge >= 0.3 is 0 Å². The molecule has 1 aliphatic carbocycles. The van der Waals surface area contributed by atoms with Crippen LogP contribution in [0.15, 0.2) is 30.3 Å². The molecule has 5 fully saturated rings. The van der Waals surface area contributed by atoms with Gasteiger partial charge in [0.15, 0.2) is 18.2 Å². The van der Waals surface area contributed by atoms with E-state index in [2.05, 4.69) is 43.4 Å². The van der Waals surface area contributed by atoms with E-state index >= 15 is 0 Å². The van der Waals surface area contributed by atoms with E-state index in [0.717, 1.165) is 38.8 Å². The largest absolute Gasteiger partial charge is 0.352 e. The Kier molecular flexibility index (Phi) is 6.14. The maximum atomic E-state index is 6.46. The molecule has 1 aromatic carbocycles. The Hall–Kier alpha value is -1.02. The molecule has 6 rings (SSSR count). The quantitative estimate of drug-likeness (QED) is 0.510. The lowest BCUT2D eigenvalue weighted by Gasteiger charge is -2.60. The molecule has 2 bridgehead atoms. The lowest BCUT2D eigenvalue weighted by Crippen LogP contribution is -2.70. The molecule has 0 radical (unpaired) electrons. The highest BCUT2D eigenvalue weighted by molar-refractivity contribution is 5.14. The van der Waals surface area contributed by atoms with E-state index < -0.39 is 17.7 Å². The molecule has 1 aromatic rings. The predicted molar refractivity (Wildman–Crippen MR) is 116 cm³/mol. The van der Waals surface area contributed by atoms with Gasteiger partial charge in [-0.3, -0.25) is 0 Å². The molecule has 172 valence electrons. The zero-order valence-corrected chi connectivity index (χ0v) is 19.0. The molecule has 5 aliphatic rings. The Balaban J connectivity index is 1.19. The van der Waals surface area contributed by atoms with E-state index in [1.165, 1.54) is 12.0 Å². The fraction of sp³-hybridized carbons (Fsp3) is 0.760. The lowest BCUT2D eigenvalue weighted by atomic mass is 9.58. The standard InChI is InChI=1S/C25H37NO5/c1-17-10-11-21-18(2)22(27-15-7-14-26-16-19-8-5-4-6-9-19)28-23-25(21)20(17)12-13-24(3,29-23)30-31-25/h4-6,8-9,17-18,20-23,26H,7,10-16H2,1-3H3/t17-,18-,20?,21?,22+,23-,24?,25-/m1/s1. The van der Waals surface area contributed by atoms with Crippen LogP contribution in [0.5, 0.6) is 0 Å². The van der Waals surface area contributed by atoms with Crippen LogP contribution in [0.25, 0.3) is 0 Å². The SMILES string of the molecule is C[C@@H]1CCC2[C@@H](C)[C@@H](OCCCNCc3ccccc3)O[C@@H]3OC4(C)CCC1[C@@]23OO4. The smallest absolute Gasteiger partial charge is 0.201 e. The van der Waals surface area contributed by atoms with Crippen LogP contribution in [0.3, 0.4) is 0 Å². The van der Waals surface area contributed by atoms with Crippen molar-refractivity contribution in [2.45, 2.75) is 83.4 Å². The summed E-state index contributed by atoms with van der Waals surface area (Å²) in [6.45, 7) is 9.01. The highest BCUT2D eigenvalue weighted by Gasteiger charge is 2.69. The Bertz CT molecular complexity index is 747. The highest BCUT2D eigenvalue weighted by atomic mass is 17.3. The Morgan fingerprint density at radius 2 is 1.90 bits per heavy atom. The third kappa shape index (κ3) is 3.96. The number of rotatable bonds is 7. The number of hydrogen-bond donors (Lipinski definition) is 1. The van der Waals surface area contributed by atoms with E-state index in [0.29, 0.717) is 24.4 Å². The summed E-state index contributed by atoms with van der Waals surface area (Å²) in [5, 5.41) is 3.49. The fourth-order valence-corrected chi connectivity index (χ4v) is 6.29. The normalized spacial score (nSPS) is 44.0. The number of fused-ring (bicyclic) bond motifs is 2. The maximum Gasteiger partial charge on any atom is 0.201 e. The van der Waals surface area contributed by atoms with Crippen LogP contribution in [0, 0.1) is 23.7 Å². The first-order chi connectivity index (χ1) is 15.0. The van der Waals surface area contributed by atoms with Gasteiger partial charge in [-0.1, -0.05) is 44.2 Å². The Morgan fingerprint density at radius 1 is 1.06 bits per heavy atom. The molecule has 4 heterocycles. The minimum absolute atomic E-state index is 0.234. The minimum atomic E-state index is -0.732. The molecule has 31 heavy (non-hydrogen) atoms. The van der Waals surface area contributed by atoms with Crippen molar-refractivity contribution in [3.8, 4) is 0 Å². The average Bonchev–Trinajstić information content (AvgIpc) is 3.00. The molecule has 1 saturated carbocycles. The second kappa shape index (κ2) is 8.73. The number of hydrogen-bond acceptors (Lipinski definition) is 6. The summed E-state index contributed by atoms with van der Waals surface area (Å²) in [6, 6.07) is 10.5.